The van der Waals surface area contributed by atoms with Crippen LogP contribution in [0.25, 0.3) is 10.8 Å². The summed E-state index contributed by atoms with van der Waals surface area (Å²) in [6.07, 6.45) is 0.979. The topological polar surface area (TPSA) is 45.7 Å². The lowest BCUT2D eigenvalue weighted by molar-refractivity contribution is 0.145. The number of benzene rings is 2. The van der Waals surface area contributed by atoms with Crippen LogP contribution in [0.15, 0.2) is 47.5 Å². The van der Waals surface area contributed by atoms with Crippen molar-refractivity contribution in [3.63, 3.8) is 0 Å². The minimum absolute atomic E-state index is 0. The van der Waals surface area contributed by atoms with Gasteiger partial charge in [-0.05, 0) is 36.6 Å². The molecule has 0 atom stereocenters. The molecule has 0 aliphatic rings. The number of nitrogens with one attached hydrogen (secondary N) is 2. The highest BCUT2D eigenvalue weighted by atomic mass is 127. The first-order valence-corrected chi connectivity index (χ1v) is 8.41. The number of fused-ring (bicyclic) bond motifs is 1. The normalized spacial score (nSPS) is 11.2. The Morgan fingerprint density at radius 3 is 2.62 bits per heavy atom. The number of hydrogen-bond donors (Lipinski definition) is 2. The number of nitrogens with zero attached hydrogens (tertiary/aromatic N) is 1. The average Bonchev–Trinajstić information content (AvgIpc) is 2.59. The Morgan fingerprint density at radius 2 is 1.83 bits per heavy atom. The van der Waals surface area contributed by atoms with Crippen LogP contribution in [0.5, 0.6) is 0 Å². The Morgan fingerprint density at radius 1 is 1.04 bits per heavy atom. The SMILES string of the molecule is CCNC(=NCc1cccc2ccccc12)NCCCOCC.I. The quantitative estimate of drug-likeness (QED) is 0.282. The fourth-order valence-corrected chi connectivity index (χ4v) is 2.46. The molecule has 0 heterocycles. The van der Waals surface area contributed by atoms with Crippen molar-refractivity contribution in [3.8, 4) is 0 Å². The van der Waals surface area contributed by atoms with Gasteiger partial charge in [-0.25, -0.2) is 4.99 Å². The molecule has 0 saturated carbocycles. The van der Waals surface area contributed by atoms with Crippen LogP contribution in [0.2, 0.25) is 0 Å². The molecule has 2 aromatic carbocycles. The molecule has 0 aliphatic heterocycles. The van der Waals surface area contributed by atoms with E-state index in [4.69, 9.17) is 9.73 Å². The summed E-state index contributed by atoms with van der Waals surface area (Å²) in [5.41, 5.74) is 1.25. The molecule has 132 valence electrons. The third kappa shape index (κ3) is 6.65. The smallest absolute Gasteiger partial charge is 0.191 e. The first-order chi connectivity index (χ1) is 11.3. The van der Waals surface area contributed by atoms with Crippen molar-refractivity contribution in [2.75, 3.05) is 26.3 Å². The zero-order chi connectivity index (χ0) is 16.3. The van der Waals surface area contributed by atoms with Gasteiger partial charge in [0.2, 0.25) is 0 Å². The number of guanidine groups is 1. The highest BCUT2D eigenvalue weighted by molar-refractivity contribution is 14.0. The molecule has 2 rings (SSSR count). The Balaban J connectivity index is 0.00000288. The highest BCUT2D eigenvalue weighted by Crippen LogP contribution is 2.18. The predicted octanol–water partition coefficient (Wildman–Crippen LogP) is 3.94. The minimum Gasteiger partial charge on any atom is -0.382 e. The zero-order valence-corrected chi connectivity index (χ0v) is 16.9. The summed E-state index contributed by atoms with van der Waals surface area (Å²) < 4.78 is 5.35. The van der Waals surface area contributed by atoms with Gasteiger partial charge in [0.1, 0.15) is 0 Å². The van der Waals surface area contributed by atoms with Crippen molar-refractivity contribution in [2.45, 2.75) is 26.8 Å². The second kappa shape index (κ2) is 12.1. The summed E-state index contributed by atoms with van der Waals surface area (Å²) in [4.78, 5) is 4.71. The number of rotatable bonds is 8. The standard InChI is InChI=1S/C19H27N3O.HI/c1-3-20-19(21-13-8-14-23-4-2)22-15-17-11-7-10-16-9-5-6-12-18(16)17;/h5-7,9-12H,3-4,8,13-15H2,1-2H3,(H2,20,21,22);1H. The maximum atomic E-state index is 5.35. The van der Waals surface area contributed by atoms with Gasteiger partial charge in [0.15, 0.2) is 5.96 Å². The van der Waals surface area contributed by atoms with Gasteiger partial charge in [-0.15, -0.1) is 24.0 Å². The van der Waals surface area contributed by atoms with E-state index in [9.17, 15) is 0 Å². The predicted molar refractivity (Wildman–Crippen MR) is 113 cm³/mol. The summed E-state index contributed by atoms with van der Waals surface area (Å²) in [6.45, 7) is 8.04. The van der Waals surface area contributed by atoms with Crippen LogP contribution in [0.3, 0.4) is 0 Å². The molecular formula is C19H28IN3O. The molecule has 0 radical (unpaired) electrons. The maximum Gasteiger partial charge on any atom is 0.191 e. The van der Waals surface area contributed by atoms with E-state index in [1.165, 1.54) is 16.3 Å². The van der Waals surface area contributed by atoms with Crippen LogP contribution < -0.4 is 10.6 Å². The van der Waals surface area contributed by atoms with E-state index in [2.05, 4.69) is 60.0 Å². The van der Waals surface area contributed by atoms with Gasteiger partial charge in [-0.2, -0.15) is 0 Å². The van der Waals surface area contributed by atoms with Gasteiger partial charge in [0.05, 0.1) is 6.54 Å². The van der Waals surface area contributed by atoms with Gasteiger partial charge in [-0.1, -0.05) is 42.5 Å². The van der Waals surface area contributed by atoms with E-state index in [0.717, 1.165) is 38.7 Å². The van der Waals surface area contributed by atoms with E-state index in [0.29, 0.717) is 6.54 Å². The summed E-state index contributed by atoms with van der Waals surface area (Å²) in [5, 5.41) is 9.18. The summed E-state index contributed by atoms with van der Waals surface area (Å²) in [7, 11) is 0. The Labute approximate surface area is 162 Å². The van der Waals surface area contributed by atoms with Crippen molar-refractivity contribution < 1.29 is 4.74 Å². The number of ether oxygens (including phenoxy) is 1. The highest BCUT2D eigenvalue weighted by Gasteiger charge is 2.01. The average molecular weight is 441 g/mol. The van der Waals surface area contributed by atoms with Gasteiger partial charge >= 0.3 is 0 Å². The number of hydrogen-bond acceptors (Lipinski definition) is 2. The fourth-order valence-electron chi connectivity index (χ4n) is 2.46. The third-order valence-electron chi connectivity index (χ3n) is 3.59. The molecule has 0 aliphatic carbocycles. The Bertz CT molecular complexity index is 626. The van der Waals surface area contributed by atoms with Crippen molar-refractivity contribution in [1.29, 1.82) is 0 Å². The van der Waals surface area contributed by atoms with Gasteiger partial charge in [0.25, 0.3) is 0 Å². The maximum absolute atomic E-state index is 5.35. The van der Waals surface area contributed by atoms with Crippen molar-refractivity contribution >= 4 is 40.7 Å². The molecule has 24 heavy (non-hydrogen) atoms. The van der Waals surface area contributed by atoms with Crippen LogP contribution >= 0.6 is 24.0 Å². The second-order valence-corrected chi connectivity index (χ2v) is 5.31. The van der Waals surface area contributed by atoms with Crippen LogP contribution in [0, 0.1) is 0 Å². The number of aliphatic imine (C=N–C) groups is 1. The van der Waals surface area contributed by atoms with Gasteiger partial charge in [-0.3, -0.25) is 0 Å². The Kier molecular flexibility index (Phi) is 10.4. The van der Waals surface area contributed by atoms with E-state index in [-0.39, 0.29) is 24.0 Å². The lowest BCUT2D eigenvalue weighted by atomic mass is 10.1. The second-order valence-electron chi connectivity index (χ2n) is 5.31. The summed E-state index contributed by atoms with van der Waals surface area (Å²) in [6, 6.07) is 14.8. The van der Waals surface area contributed by atoms with E-state index >= 15 is 0 Å². The first kappa shape index (κ1) is 20.7. The molecule has 0 unspecified atom stereocenters. The third-order valence-corrected chi connectivity index (χ3v) is 3.59. The summed E-state index contributed by atoms with van der Waals surface area (Å²) in [5.74, 6) is 0.858. The molecule has 0 fully saturated rings. The molecule has 0 aromatic heterocycles. The molecule has 4 nitrogen and oxygen atoms in total. The van der Waals surface area contributed by atoms with Crippen molar-refractivity contribution in [1.82, 2.24) is 10.6 Å². The van der Waals surface area contributed by atoms with Crippen molar-refractivity contribution in [2.24, 2.45) is 4.99 Å². The summed E-state index contributed by atoms with van der Waals surface area (Å²) >= 11 is 0. The van der Waals surface area contributed by atoms with Crippen molar-refractivity contribution in [3.05, 3.63) is 48.0 Å². The lowest BCUT2D eigenvalue weighted by Gasteiger charge is -2.12. The first-order valence-electron chi connectivity index (χ1n) is 8.41. The Hall–Kier alpha value is -1.34. The van der Waals surface area contributed by atoms with E-state index in [1.54, 1.807) is 0 Å². The molecule has 0 bridgehead atoms. The monoisotopic (exact) mass is 441 g/mol. The molecule has 0 amide bonds. The van der Waals surface area contributed by atoms with Crippen LogP contribution in [-0.4, -0.2) is 32.3 Å². The molecule has 2 N–H and O–H groups in total. The number of halogens is 1. The van der Waals surface area contributed by atoms with E-state index in [1.807, 2.05) is 6.92 Å². The molecule has 5 heteroatoms. The van der Waals surface area contributed by atoms with Gasteiger partial charge < -0.3 is 15.4 Å². The molecule has 0 saturated heterocycles. The minimum atomic E-state index is 0. The molecule has 2 aromatic rings. The van der Waals surface area contributed by atoms with Gasteiger partial charge in [0, 0.05) is 26.3 Å². The zero-order valence-electron chi connectivity index (χ0n) is 14.5. The van der Waals surface area contributed by atoms with Crippen LogP contribution in [0.1, 0.15) is 25.8 Å². The van der Waals surface area contributed by atoms with E-state index < -0.39 is 0 Å². The lowest BCUT2D eigenvalue weighted by Crippen LogP contribution is -2.38. The molecule has 0 spiro atoms. The van der Waals surface area contributed by atoms with Crippen LogP contribution in [0.4, 0.5) is 0 Å². The molecular weight excluding hydrogens is 413 g/mol. The fraction of sp³-hybridized carbons (Fsp3) is 0.421. The van der Waals surface area contributed by atoms with Crippen LogP contribution in [-0.2, 0) is 11.3 Å². The largest absolute Gasteiger partial charge is 0.382 e.